The van der Waals surface area contributed by atoms with Crippen molar-refractivity contribution in [2.24, 2.45) is 5.92 Å². The second-order valence-corrected chi connectivity index (χ2v) is 6.11. The van der Waals surface area contributed by atoms with E-state index >= 15 is 0 Å². The third-order valence-corrected chi connectivity index (χ3v) is 4.58. The highest BCUT2D eigenvalue weighted by Crippen LogP contribution is 2.21. The minimum absolute atomic E-state index is 0.387. The molecule has 0 spiro atoms. The largest absolute Gasteiger partial charge is 0.465 e. The maximum atomic E-state index is 11.4. The van der Waals surface area contributed by atoms with Crippen molar-refractivity contribution in [1.29, 1.82) is 0 Å². The molecule has 0 radical (unpaired) electrons. The van der Waals surface area contributed by atoms with Gasteiger partial charge in [-0.3, -0.25) is 4.90 Å². The zero-order valence-corrected chi connectivity index (χ0v) is 13.6. The summed E-state index contributed by atoms with van der Waals surface area (Å²) in [6.45, 7) is 6.92. The van der Waals surface area contributed by atoms with Gasteiger partial charge >= 0.3 is 5.97 Å². The predicted octanol–water partition coefficient (Wildman–Crippen LogP) is 0.812. The number of carbonyl (C=O) groups excluding carboxylic acids is 1. The Morgan fingerprint density at radius 1 is 1.22 bits per heavy atom. The van der Waals surface area contributed by atoms with Gasteiger partial charge in [0, 0.05) is 45.1 Å². The second kappa shape index (κ2) is 7.70. The maximum Gasteiger partial charge on any atom is 0.341 e. The van der Waals surface area contributed by atoms with Crippen molar-refractivity contribution in [3.05, 3.63) is 18.0 Å². The molecule has 7 nitrogen and oxygen atoms in total. The van der Waals surface area contributed by atoms with Crippen LogP contribution >= 0.6 is 0 Å². The predicted molar refractivity (Wildman–Crippen MR) is 85.6 cm³/mol. The fourth-order valence-electron chi connectivity index (χ4n) is 3.17. The Bertz CT molecular complexity index is 509. The summed E-state index contributed by atoms with van der Waals surface area (Å²) >= 11 is 0. The van der Waals surface area contributed by atoms with E-state index in [0.717, 1.165) is 58.2 Å². The monoisotopic (exact) mass is 320 g/mol. The molecule has 0 unspecified atom stereocenters. The molecule has 2 saturated heterocycles. The highest BCUT2D eigenvalue weighted by atomic mass is 16.5. The lowest BCUT2D eigenvalue weighted by Crippen LogP contribution is -2.43. The van der Waals surface area contributed by atoms with Gasteiger partial charge in [-0.2, -0.15) is 0 Å². The van der Waals surface area contributed by atoms with Crippen LogP contribution in [0.25, 0.3) is 0 Å². The number of anilines is 1. The highest BCUT2D eigenvalue weighted by Gasteiger charge is 2.23. The van der Waals surface area contributed by atoms with Crippen molar-refractivity contribution >= 4 is 11.9 Å². The topological polar surface area (TPSA) is 67.8 Å². The number of carbonyl (C=O) groups is 1. The second-order valence-electron chi connectivity index (χ2n) is 6.11. The number of ether oxygens (including phenoxy) is 2. The lowest BCUT2D eigenvalue weighted by molar-refractivity contribution is 0.0289. The Kier molecular flexibility index (Phi) is 5.40. The normalized spacial score (nSPS) is 20.5. The van der Waals surface area contributed by atoms with Crippen LogP contribution in [-0.2, 0) is 9.47 Å². The number of nitrogens with zero attached hydrogens (tertiary/aromatic N) is 4. The molecule has 0 aromatic carbocycles. The maximum absolute atomic E-state index is 11.4. The van der Waals surface area contributed by atoms with Crippen molar-refractivity contribution in [1.82, 2.24) is 14.9 Å². The third kappa shape index (κ3) is 4.17. The summed E-state index contributed by atoms with van der Waals surface area (Å²) in [5.41, 5.74) is 0.387. The Morgan fingerprint density at radius 2 is 1.87 bits per heavy atom. The van der Waals surface area contributed by atoms with Crippen LogP contribution < -0.4 is 4.90 Å². The molecule has 3 rings (SSSR count). The zero-order valence-electron chi connectivity index (χ0n) is 13.6. The molecule has 7 heteroatoms. The first-order valence-corrected chi connectivity index (χ1v) is 8.21. The summed E-state index contributed by atoms with van der Waals surface area (Å²) in [5.74, 6) is 1.03. The van der Waals surface area contributed by atoms with Crippen molar-refractivity contribution < 1.29 is 14.3 Å². The van der Waals surface area contributed by atoms with E-state index in [1.807, 2.05) is 0 Å². The van der Waals surface area contributed by atoms with Gasteiger partial charge in [-0.25, -0.2) is 14.8 Å². The molecule has 1 aromatic heterocycles. The van der Waals surface area contributed by atoms with Gasteiger partial charge in [0.25, 0.3) is 0 Å². The van der Waals surface area contributed by atoms with E-state index < -0.39 is 5.97 Å². The number of hydrogen-bond acceptors (Lipinski definition) is 7. The fourth-order valence-corrected chi connectivity index (χ4v) is 3.17. The van der Waals surface area contributed by atoms with Crippen molar-refractivity contribution in [3.8, 4) is 0 Å². The molecular weight excluding hydrogens is 296 g/mol. The fraction of sp³-hybridized carbons (Fsp3) is 0.688. The molecule has 2 fully saturated rings. The van der Waals surface area contributed by atoms with Crippen molar-refractivity contribution in [2.45, 2.75) is 12.8 Å². The average Bonchev–Trinajstić information content (AvgIpc) is 2.63. The molecule has 1 aromatic rings. The van der Waals surface area contributed by atoms with E-state index in [0.29, 0.717) is 11.5 Å². The molecule has 2 aliphatic heterocycles. The molecule has 0 aliphatic carbocycles. The summed E-state index contributed by atoms with van der Waals surface area (Å²) in [7, 11) is 1.36. The first-order valence-electron chi connectivity index (χ1n) is 8.21. The number of piperidine rings is 1. The van der Waals surface area contributed by atoms with Gasteiger partial charge in [0.05, 0.1) is 25.9 Å². The molecule has 0 atom stereocenters. The Labute approximate surface area is 136 Å². The molecular formula is C16H24N4O3. The molecule has 126 valence electrons. The smallest absolute Gasteiger partial charge is 0.341 e. The van der Waals surface area contributed by atoms with Crippen LogP contribution in [0, 0.1) is 5.92 Å². The number of hydrogen-bond donors (Lipinski definition) is 0. The van der Waals surface area contributed by atoms with Crippen LogP contribution in [0.3, 0.4) is 0 Å². The van der Waals surface area contributed by atoms with E-state index in [9.17, 15) is 4.79 Å². The van der Waals surface area contributed by atoms with E-state index in [4.69, 9.17) is 4.74 Å². The Balaban J connectivity index is 1.49. The first-order chi connectivity index (χ1) is 11.3. The van der Waals surface area contributed by atoms with Crippen LogP contribution in [0.2, 0.25) is 0 Å². The van der Waals surface area contributed by atoms with Gasteiger partial charge in [0.15, 0.2) is 0 Å². The van der Waals surface area contributed by atoms with Gasteiger partial charge in [0.1, 0.15) is 0 Å². The number of esters is 1. The molecule has 23 heavy (non-hydrogen) atoms. The molecule has 3 heterocycles. The number of methoxy groups -OCH3 is 1. The van der Waals surface area contributed by atoms with Gasteiger partial charge in [0.2, 0.25) is 5.95 Å². The van der Waals surface area contributed by atoms with Crippen LogP contribution in [-0.4, -0.2) is 73.9 Å². The summed E-state index contributed by atoms with van der Waals surface area (Å²) in [4.78, 5) is 24.7. The molecule has 0 N–H and O–H groups in total. The average molecular weight is 320 g/mol. The van der Waals surface area contributed by atoms with E-state index in [1.54, 1.807) is 0 Å². The quantitative estimate of drug-likeness (QED) is 0.761. The van der Waals surface area contributed by atoms with Crippen LogP contribution in [0.5, 0.6) is 0 Å². The number of aromatic nitrogens is 2. The van der Waals surface area contributed by atoms with Gasteiger partial charge in [-0.1, -0.05) is 0 Å². The van der Waals surface area contributed by atoms with Gasteiger partial charge in [-0.05, 0) is 18.8 Å². The molecule has 0 saturated carbocycles. The number of rotatable bonds is 4. The van der Waals surface area contributed by atoms with Gasteiger partial charge < -0.3 is 14.4 Å². The summed E-state index contributed by atoms with van der Waals surface area (Å²) in [6, 6.07) is 0. The highest BCUT2D eigenvalue weighted by molar-refractivity contribution is 5.88. The number of morpholine rings is 1. The minimum Gasteiger partial charge on any atom is -0.465 e. The first kappa shape index (κ1) is 16.1. The standard InChI is InChI=1S/C16H24N4O3/c1-22-15(21)14-10-17-16(18-11-14)20-4-2-13(3-5-20)12-19-6-8-23-9-7-19/h10-11,13H,2-9,12H2,1H3. The van der Waals surface area contributed by atoms with Crippen LogP contribution in [0.15, 0.2) is 12.4 Å². The van der Waals surface area contributed by atoms with Crippen molar-refractivity contribution in [2.75, 3.05) is 57.9 Å². The summed E-state index contributed by atoms with van der Waals surface area (Å²) in [6.07, 6.45) is 5.38. The minimum atomic E-state index is -0.402. The lowest BCUT2D eigenvalue weighted by atomic mass is 9.96. The molecule has 0 amide bonds. The van der Waals surface area contributed by atoms with Crippen LogP contribution in [0.4, 0.5) is 5.95 Å². The summed E-state index contributed by atoms with van der Waals surface area (Å²) in [5, 5.41) is 0. The zero-order chi connectivity index (χ0) is 16.1. The van der Waals surface area contributed by atoms with Gasteiger partial charge in [-0.15, -0.1) is 0 Å². The third-order valence-electron chi connectivity index (χ3n) is 4.58. The van der Waals surface area contributed by atoms with E-state index in [-0.39, 0.29) is 0 Å². The van der Waals surface area contributed by atoms with E-state index in [2.05, 4.69) is 24.5 Å². The van der Waals surface area contributed by atoms with E-state index in [1.165, 1.54) is 26.0 Å². The SMILES string of the molecule is COC(=O)c1cnc(N2CCC(CN3CCOCC3)CC2)nc1. The summed E-state index contributed by atoms with van der Waals surface area (Å²) < 4.78 is 10.1. The Hall–Kier alpha value is -1.73. The molecule has 2 aliphatic rings. The Morgan fingerprint density at radius 3 is 2.48 bits per heavy atom. The lowest BCUT2D eigenvalue weighted by Gasteiger charge is -2.36. The van der Waals surface area contributed by atoms with Crippen LogP contribution in [0.1, 0.15) is 23.2 Å². The van der Waals surface area contributed by atoms with Crippen molar-refractivity contribution in [3.63, 3.8) is 0 Å². The molecule has 0 bridgehead atoms.